The van der Waals surface area contributed by atoms with Crippen LogP contribution in [-0.4, -0.2) is 42.9 Å². The average Bonchev–Trinajstić information content (AvgIpc) is 2.21. The fourth-order valence-corrected chi connectivity index (χ4v) is 2.06. The lowest BCUT2D eigenvalue weighted by atomic mass is 9.88. The van der Waals surface area contributed by atoms with Crippen LogP contribution in [0.1, 0.15) is 40.5 Å². The number of amides is 1. The van der Waals surface area contributed by atoms with Gasteiger partial charge in [0.1, 0.15) is 11.8 Å². The molecule has 0 aromatic heterocycles. The molecule has 0 heterocycles. The Morgan fingerprint density at radius 2 is 1.79 bits per heavy atom. The van der Waals surface area contributed by atoms with Gasteiger partial charge in [-0.25, -0.2) is 13.2 Å². The third-order valence-corrected chi connectivity index (χ3v) is 4.19. The van der Waals surface area contributed by atoms with Gasteiger partial charge in [-0.05, 0) is 18.3 Å². The maximum Gasteiger partial charge on any atom is 0.326 e. The zero-order valence-electron chi connectivity index (χ0n) is 11.9. The molecule has 0 radical (unpaired) electrons. The molecule has 0 saturated heterocycles. The monoisotopic (exact) mass is 293 g/mol. The van der Waals surface area contributed by atoms with E-state index in [2.05, 4.69) is 5.32 Å². The Morgan fingerprint density at radius 1 is 1.26 bits per heavy atom. The lowest BCUT2D eigenvalue weighted by Crippen LogP contribution is -2.43. The summed E-state index contributed by atoms with van der Waals surface area (Å²) in [5.74, 6) is -2.71. The van der Waals surface area contributed by atoms with E-state index in [0.717, 1.165) is 0 Å². The van der Waals surface area contributed by atoms with Gasteiger partial charge >= 0.3 is 5.97 Å². The van der Waals surface area contributed by atoms with Gasteiger partial charge < -0.3 is 10.4 Å². The number of carbonyl (C=O) groups is 2. The summed E-state index contributed by atoms with van der Waals surface area (Å²) in [7, 11) is -3.44. The summed E-state index contributed by atoms with van der Waals surface area (Å²) in [5, 5.41) is 11.3. The number of sulfone groups is 1. The fourth-order valence-electron chi connectivity index (χ4n) is 1.37. The smallest absolute Gasteiger partial charge is 0.326 e. The van der Waals surface area contributed by atoms with Crippen molar-refractivity contribution in [3.8, 4) is 0 Å². The number of aliphatic carboxylic acids is 1. The first kappa shape index (κ1) is 17.9. The van der Waals surface area contributed by atoms with Crippen molar-refractivity contribution in [3.63, 3.8) is 0 Å². The second-order valence-electron chi connectivity index (χ2n) is 5.73. The number of hydrogen-bond acceptors (Lipinski definition) is 4. The normalized spacial score (nSPS) is 13.9. The van der Waals surface area contributed by atoms with Gasteiger partial charge in [-0.1, -0.05) is 27.7 Å². The van der Waals surface area contributed by atoms with Crippen LogP contribution >= 0.6 is 0 Å². The Kier molecular flexibility index (Phi) is 6.48. The van der Waals surface area contributed by atoms with Crippen LogP contribution in [0, 0.1) is 5.41 Å². The summed E-state index contributed by atoms with van der Waals surface area (Å²) >= 11 is 0. The molecule has 0 aliphatic rings. The summed E-state index contributed by atoms with van der Waals surface area (Å²) in [4.78, 5) is 22.5. The number of carboxylic acid groups (broad SMARTS) is 1. The predicted molar refractivity (Wildman–Crippen MR) is 72.6 cm³/mol. The maximum absolute atomic E-state index is 11.5. The largest absolute Gasteiger partial charge is 0.480 e. The van der Waals surface area contributed by atoms with Crippen LogP contribution in [-0.2, 0) is 19.4 Å². The predicted octanol–water partition coefficient (Wildman–Crippen LogP) is 0.817. The van der Waals surface area contributed by atoms with Crippen molar-refractivity contribution in [3.05, 3.63) is 0 Å². The molecular formula is C12H23NO5S. The molecule has 1 atom stereocenters. The molecule has 0 spiro atoms. The first-order valence-corrected chi connectivity index (χ1v) is 8.01. The zero-order valence-corrected chi connectivity index (χ0v) is 12.7. The molecule has 0 saturated carbocycles. The summed E-state index contributed by atoms with van der Waals surface area (Å²) in [5.41, 5.74) is -0.0477. The highest BCUT2D eigenvalue weighted by molar-refractivity contribution is 7.92. The molecular weight excluding hydrogens is 270 g/mol. The minimum atomic E-state index is -3.44. The van der Waals surface area contributed by atoms with Gasteiger partial charge in [-0.2, -0.15) is 0 Å². The molecule has 112 valence electrons. The summed E-state index contributed by atoms with van der Waals surface area (Å²) in [6.45, 7) is 7.34. The topological polar surface area (TPSA) is 101 Å². The molecule has 0 aromatic rings. The van der Waals surface area contributed by atoms with Crippen LogP contribution in [0.15, 0.2) is 0 Å². The Bertz CT molecular complexity index is 422. The van der Waals surface area contributed by atoms with Crippen LogP contribution in [0.3, 0.4) is 0 Å². The van der Waals surface area contributed by atoms with E-state index in [4.69, 9.17) is 5.11 Å². The van der Waals surface area contributed by atoms with E-state index in [9.17, 15) is 18.0 Å². The van der Waals surface area contributed by atoms with Gasteiger partial charge in [0, 0.05) is 5.75 Å². The number of hydrogen-bond donors (Lipinski definition) is 2. The van der Waals surface area contributed by atoms with Crippen molar-refractivity contribution in [2.75, 3.05) is 11.5 Å². The third-order valence-electron chi connectivity index (χ3n) is 2.61. The highest BCUT2D eigenvalue weighted by Crippen LogP contribution is 2.21. The quantitative estimate of drug-likeness (QED) is 0.723. The van der Waals surface area contributed by atoms with E-state index in [1.165, 1.54) is 6.92 Å². The first-order chi connectivity index (χ1) is 8.47. The van der Waals surface area contributed by atoms with Crippen molar-refractivity contribution in [1.29, 1.82) is 0 Å². The van der Waals surface area contributed by atoms with E-state index in [1.807, 2.05) is 20.8 Å². The molecule has 1 amide bonds. The zero-order chi connectivity index (χ0) is 15.3. The molecule has 0 aliphatic carbocycles. The van der Waals surface area contributed by atoms with Gasteiger partial charge in [0.25, 0.3) is 0 Å². The minimum Gasteiger partial charge on any atom is -0.480 e. The van der Waals surface area contributed by atoms with Crippen LogP contribution in [0.2, 0.25) is 0 Å². The minimum absolute atomic E-state index is 0.0477. The van der Waals surface area contributed by atoms with Gasteiger partial charge in [0.15, 0.2) is 9.84 Å². The first-order valence-electron chi connectivity index (χ1n) is 6.19. The van der Waals surface area contributed by atoms with E-state index in [-0.39, 0.29) is 17.6 Å². The Balaban J connectivity index is 4.52. The third kappa shape index (κ3) is 8.58. The van der Waals surface area contributed by atoms with Crippen LogP contribution in [0.25, 0.3) is 0 Å². The van der Waals surface area contributed by atoms with Crippen LogP contribution < -0.4 is 5.32 Å². The van der Waals surface area contributed by atoms with Crippen molar-refractivity contribution in [2.24, 2.45) is 5.41 Å². The van der Waals surface area contributed by atoms with Crippen LogP contribution in [0.5, 0.6) is 0 Å². The molecule has 0 aromatic carbocycles. The Morgan fingerprint density at radius 3 is 2.16 bits per heavy atom. The average molecular weight is 293 g/mol. The number of carboxylic acids is 1. The van der Waals surface area contributed by atoms with Crippen molar-refractivity contribution >= 4 is 21.7 Å². The molecule has 0 fully saturated rings. The number of nitrogens with one attached hydrogen (secondary N) is 1. The van der Waals surface area contributed by atoms with Gasteiger partial charge in [0.2, 0.25) is 5.91 Å². The van der Waals surface area contributed by atoms with Gasteiger partial charge in [-0.15, -0.1) is 0 Å². The molecule has 1 unspecified atom stereocenters. The Hall–Kier alpha value is -1.11. The highest BCUT2D eigenvalue weighted by atomic mass is 32.2. The van der Waals surface area contributed by atoms with Gasteiger partial charge in [0.05, 0.1) is 0 Å². The Labute approximate surface area is 114 Å². The van der Waals surface area contributed by atoms with Crippen molar-refractivity contribution in [1.82, 2.24) is 5.32 Å². The molecule has 2 N–H and O–H groups in total. The maximum atomic E-state index is 11.5. The lowest BCUT2D eigenvalue weighted by Gasteiger charge is -2.21. The molecule has 0 bridgehead atoms. The molecule has 6 nitrogen and oxygen atoms in total. The van der Waals surface area contributed by atoms with Crippen molar-refractivity contribution < 1.29 is 23.1 Å². The van der Waals surface area contributed by atoms with Crippen molar-refractivity contribution in [2.45, 2.75) is 46.6 Å². The standard InChI is InChI=1S/C12H23NO5S/c1-5-19(17,18)8-10(14)13-9(11(15)16)6-7-12(2,3)4/h9H,5-8H2,1-4H3,(H,13,14)(H,15,16). The molecule has 7 heteroatoms. The fraction of sp³-hybridized carbons (Fsp3) is 0.833. The highest BCUT2D eigenvalue weighted by Gasteiger charge is 2.24. The summed E-state index contributed by atoms with van der Waals surface area (Å²) < 4.78 is 22.5. The second-order valence-corrected chi connectivity index (χ2v) is 8.09. The van der Waals surface area contributed by atoms with E-state index in [1.54, 1.807) is 0 Å². The SMILES string of the molecule is CCS(=O)(=O)CC(=O)NC(CCC(C)(C)C)C(=O)O. The second kappa shape index (κ2) is 6.88. The van der Waals surface area contributed by atoms with E-state index in [0.29, 0.717) is 6.42 Å². The molecule has 0 rings (SSSR count). The summed E-state index contributed by atoms with van der Waals surface area (Å²) in [6.07, 6.45) is 0.890. The number of rotatable bonds is 7. The summed E-state index contributed by atoms with van der Waals surface area (Å²) in [6, 6.07) is -1.04. The number of carbonyl (C=O) groups excluding carboxylic acids is 1. The van der Waals surface area contributed by atoms with E-state index >= 15 is 0 Å². The molecule has 19 heavy (non-hydrogen) atoms. The van der Waals surface area contributed by atoms with Crippen LogP contribution in [0.4, 0.5) is 0 Å². The van der Waals surface area contributed by atoms with E-state index < -0.39 is 33.5 Å². The lowest BCUT2D eigenvalue weighted by molar-refractivity contribution is -0.141. The van der Waals surface area contributed by atoms with Gasteiger partial charge in [-0.3, -0.25) is 4.79 Å². The molecule has 0 aliphatic heterocycles.